The molecule has 0 radical (unpaired) electrons. The highest BCUT2D eigenvalue weighted by Crippen LogP contribution is 2.29. The molecule has 2 aliphatic rings. The molecule has 0 aromatic rings. The summed E-state index contributed by atoms with van der Waals surface area (Å²) >= 11 is 0. The van der Waals surface area contributed by atoms with Gasteiger partial charge in [0.15, 0.2) is 0 Å². The van der Waals surface area contributed by atoms with Crippen LogP contribution in [0.25, 0.3) is 0 Å². The maximum Gasteiger partial charge on any atom is 0.346 e. The van der Waals surface area contributed by atoms with Crippen LogP contribution in [0.1, 0.15) is 13.3 Å². The molecule has 0 amide bonds. The first-order chi connectivity index (χ1) is 5.68. The van der Waals surface area contributed by atoms with Gasteiger partial charge in [0.05, 0.1) is 11.1 Å². The molecule has 3 heteroatoms. The van der Waals surface area contributed by atoms with Gasteiger partial charge in [-0.3, -0.25) is 0 Å². The van der Waals surface area contributed by atoms with E-state index in [1.165, 1.54) is 0 Å². The lowest BCUT2D eigenvalue weighted by Crippen LogP contribution is -2.03. The third-order valence-corrected chi connectivity index (χ3v) is 2.06. The predicted molar refractivity (Wildman–Crippen MR) is 41.0 cm³/mol. The zero-order valence-corrected chi connectivity index (χ0v) is 6.66. The molecule has 3 nitrogen and oxygen atoms in total. The van der Waals surface area contributed by atoms with Crippen LogP contribution in [-0.4, -0.2) is 11.9 Å². The van der Waals surface area contributed by atoms with Gasteiger partial charge < -0.3 is 4.74 Å². The summed E-state index contributed by atoms with van der Waals surface area (Å²) in [7, 11) is 0. The third kappa shape index (κ3) is 0.897. The first-order valence-electron chi connectivity index (χ1n) is 3.87. The fourth-order valence-electron chi connectivity index (χ4n) is 1.42. The average molecular weight is 164 g/mol. The van der Waals surface area contributed by atoms with Gasteiger partial charge in [0, 0.05) is 0 Å². The van der Waals surface area contributed by atoms with E-state index >= 15 is 0 Å². The van der Waals surface area contributed by atoms with E-state index in [9.17, 15) is 9.59 Å². The van der Waals surface area contributed by atoms with Crippen molar-refractivity contribution in [3.05, 3.63) is 23.3 Å². The Morgan fingerprint density at radius 2 is 2.00 bits per heavy atom. The molecule has 0 spiro atoms. The number of carbonyl (C=O) groups excluding carboxylic acids is 2. The molecular formula is C9H8O3. The van der Waals surface area contributed by atoms with Gasteiger partial charge in [-0.25, -0.2) is 9.59 Å². The van der Waals surface area contributed by atoms with E-state index in [4.69, 9.17) is 0 Å². The Balaban J connectivity index is 2.46. The van der Waals surface area contributed by atoms with E-state index in [1.807, 2.05) is 6.92 Å². The standard InChI is InChI=1S/C9H8O3/c1-5-2-3-6-7(4-5)9(11)12-8(6)10/h3-5H,2H2,1H3. The zero-order valence-electron chi connectivity index (χ0n) is 6.66. The number of cyclic esters (lactones) is 2. The van der Waals surface area contributed by atoms with Gasteiger partial charge in [-0.1, -0.05) is 19.1 Å². The average Bonchev–Trinajstić information content (AvgIpc) is 2.28. The molecule has 0 saturated carbocycles. The van der Waals surface area contributed by atoms with E-state index in [2.05, 4.69) is 4.74 Å². The van der Waals surface area contributed by atoms with Crippen LogP contribution in [0, 0.1) is 5.92 Å². The molecule has 0 bridgehead atoms. The molecule has 1 aliphatic carbocycles. The van der Waals surface area contributed by atoms with Crippen LogP contribution in [0.4, 0.5) is 0 Å². The number of fused-ring (bicyclic) bond motifs is 1. The molecule has 2 rings (SSSR count). The lowest BCUT2D eigenvalue weighted by molar-refractivity contribution is -0.149. The molecule has 0 aromatic heterocycles. The highest BCUT2D eigenvalue weighted by atomic mass is 16.6. The summed E-state index contributed by atoms with van der Waals surface area (Å²) in [5.41, 5.74) is 0.886. The van der Waals surface area contributed by atoms with E-state index in [0.29, 0.717) is 17.1 Å². The predicted octanol–water partition coefficient (Wildman–Crippen LogP) is 0.962. The molecule has 1 fully saturated rings. The number of allylic oxidation sites excluding steroid dienone is 2. The maximum absolute atomic E-state index is 11.0. The number of hydrogen-bond acceptors (Lipinski definition) is 3. The summed E-state index contributed by atoms with van der Waals surface area (Å²) in [5, 5.41) is 0. The Bertz CT molecular complexity index is 323. The van der Waals surface area contributed by atoms with Gasteiger partial charge in [0.25, 0.3) is 0 Å². The van der Waals surface area contributed by atoms with Crippen LogP contribution in [-0.2, 0) is 14.3 Å². The number of ether oxygens (including phenoxy) is 1. The fraction of sp³-hybridized carbons (Fsp3) is 0.333. The van der Waals surface area contributed by atoms with Crippen LogP contribution >= 0.6 is 0 Å². The summed E-state index contributed by atoms with van der Waals surface area (Å²) in [6.07, 6.45) is 4.37. The number of carbonyl (C=O) groups is 2. The van der Waals surface area contributed by atoms with Crippen molar-refractivity contribution in [3.8, 4) is 0 Å². The first-order valence-corrected chi connectivity index (χ1v) is 3.87. The Labute approximate surface area is 69.7 Å². The molecule has 0 N–H and O–H groups in total. The van der Waals surface area contributed by atoms with Crippen LogP contribution < -0.4 is 0 Å². The molecule has 1 heterocycles. The van der Waals surface area contributed by atoms with Crippen molar-refractivity contribution in [1.82, 2.24) is 0 Å². The van der Waals surface area contributed by atoms with Gasteiger partial charge >= 0.3 is 11.9 Å². The van der Waals surface area contributed by atoms with Crippen molar-refractivity contribution < 1.29 is 14.3 Å². The van der Waals surface area contributed by atoms with E-state index in [0.717, 1.165) is 6.42 Å². The van der Waals surface area contributed by atoms with Gasteiger partial charge in [-0.05, 0) is 12.3 Å². The van der Waals surface area contributed by atoms with Crippen molar-refractivity contribution in [3.63, 3.8) is 0 Å². The minimum Gasteiger partial charge on any atom is -0.386 e. The Kier molecular flexibility index (Phi) is 1.40. The molecule has 62 valence electrons. The minimum atomic E-state index is -0.502. The molecule has 1 atom stereocenters. The Morgan fingerprint density at radius 3 is 2.75 bits per heavy atom. The van der Waals surface area contributed by atoms with Crippen molar-refractivity contribution >= 4 is 11.9 Å². The fourth-order valence-corrected chi connectivity index (χ4v) is 1.42. The lowest BCUT2D eigenvalue weighted by atomic mass is 9.93. The topological polar surface area (TPSA) is 43.4 Å². The molecule has 1 aliphatic heterocycles. The summed E-state index contributed by atoms with van der Waals surface area (Å²) in [6.45, 7) is 2.00. The quantitative estimate of drug-likeness (QED) is 0.395. The first kappa shape index (κ1) is 7.28. The zero-order chi connectivity index (χ0) is 8.72. The lowest BCUT2D eigenvalue weighted by Gasteiger charge is -2.08. The van der Waals surface area contributed by atoms with Crippen molar-refractivity contribution in [1.29, 1.82) is 0 Å². The van der Waals surface area contributed by atoms with Crippen molar-refractivity contribution in [2.45, 2.75) is 13.3 Å². The van der Waals surface area contributed by atoms with Crippen molar-refractivity contribution in [2.75, 3.05) is 0 Å². The van der Waals surface area contributed by atoms with E-state index < -0.39 is 11.9 Å². The summed E-state index contributed by atoms with van der Waals surface area (Å²) < 4.78 is 4.44. The monoisotopic (exact) mass is 164 g/mol. The van der Waals surface area contributed by atoms with Crippen LogP contribution in [0.3, 0.4) is 0 Å². The third-order valence-electron chi connectivity index (χ3n) is 2.06. The number of rotatable bonds is 0. The summed E-state index contributed by atoms with van der Waals surface area (Å²) in [4.78, 5) is 22.0. The normalized spacial score (nSPS) is 27.6. The molecular weight excluding hydrogens is 156 g/mol. The second kappa shape index (κ2) is 2.30. The highest BCUT2D eigenvalue weighted by Gasteiger charge is 2.34. The second-order valence-electron chi connectivity index (χ2n) is 3.09. The van der Waals surface area contributed by atoms with Crippen LogP contribution in [0.15, 0.2) is 23.3 Å². The largest absolute Gasteiger partial charge is 0.386 e. The van der Waals surface area contributed by atoms with Gasteiger partial charge in [-0.15, -0.1) is 0 Å². The minimum absolute atomic E-state index is 0.321. The second-order valence-corrected chi connectivity index (χ2v) is 3.09. The Morgan fingerprint density at radius 1 is 1.33 bits per heavy atom. The maximum atomic E-state index is 11.0. The van der Waals surface area contributed by atoms with Crippen LogP contribution in [0.2, 0.25) is 0 Å². The van der Waals surface area contributed by atoms with E-state index in [1.54, 1.807) is 12.2 Å². The summed E-state index contributed by atoms with van der Waals surface area (Å²) in [6, 6.07) is 0. The molecule has 1 unspecified atom stereocenters. The molecule has 1 saturated heterocycles. The highest BCUT2D eigenvalue weighted by molar-refractivity contribution is 6.18. The van der Waals surface area contributed by atoms with Gasteiger partial charge in [-0.2, -0.15) is 0 Å². The Hall–Kier alpha value is -1.38. The molecule has 12 heavy (non-hydrogen) atoms. The van der Waals surface area contributed by atoms with Gasteiger partial charge in [0.1, 0.15) is 0 Å². The molecule has 0 aromatic carbocycles. The summed E-state index contributed by atoms with van der Waals surface area (Å²) in [5.74, 6) is -0.682. The number of hydrogen-bond donors (Lipinski definition) is 0. The number of esters is 2. The smallest absolute Gasteiger partial charge is 0.346 e. The van der Waals surface area contributed by atoms with Gasteiger partial charge in [0.2, 0.25) is 0 Å². The van der Waals surface area contributed by atoms with E-state index in [-0.39, 0.29) is 0 Å². The SMILES string of the molecule is CC1C=C2C(=O)OC(=O)C2=CC1. The van der Waals surface area contributed by atoms with Crippen LogP contribution in [0.5, 0.6) is 0 Å². The van der Waals surface area contributed by atoms with Crippen molar-refractivity contribution in [2.24, 2.45) is 5.92 Å².